The van der Waals surface area contributed by atoms with Gasteiger partial charge in [0.2, 0.25) is 0 Å². The lowest BCUT2D eigenvalue weighted by molar-refractivity contribution is -0.137. The maximum Gasteiger partial charge on any atom is 0.417 e. The second kappa shape index (κ2) is 5.81. The van der Waals surface area contributed by atoms with Crippen molar-refractivity contribution in [2.24, 2.45) is 0 Å². The van der Waals surface area contributed by atoms with E-state index >= 15 is 0 Å². The number of hydrogen-bond acceptors (Lipinski definition) is 3. The van der Waals surface area contributed by atoms with Crippen LogP contribution in [0.25, 0.3) is 0 Å². The Kier molecular flexibility index (Phi) is 4.66. The maximum atomic E-state index is 12.3. The van der Waals surface area contributed by atoms with E-state index in [9.17, 15) is 18.0 Å². The van der Waals surface area contributed by atoms with Crippen molar-refractivity contribution in [2.45, 2.75) is 25.6 Å². The van der Waals surface area contributed by atoms with Gasteiger partial charge in [0.25, 0.3) is 5.91 Å². The number of nitrogens with zero attached hydrogens (tertiary/aromatic N) is 1. The third-order valence-corrected chi connectivity index (χ3v) is 2.37. The molecule has 0 bridgehead atoms. The molecule has 1 aromatic rings. The largest absolute Gasteiger partial charge is 0.417 e. The van der Waals surface area contributed by atoms with Crippen LogP contribution >= 0.6 is 0 Å². The number of hydrogen-bond donors (Lipinski definition) is 2. The molecule has 0 saturated heterocycles. The zero-order valence-electron chi connectivity index (χ0n) is 9.66. The van der Waals surface area contributed by atoms with Crippen LogP contribution in [0, 0.1) is 0 Å². The number of pyridine rings is 1. The van der Waals surface area contributed by atoms with Crippen molar-refractivity contribution >= 4 is 5.91 Å². The quantitative estimate of drug-likeness (QED) is 0.866. The number of rotatable bonds is 4. The Balaban J connectivity index is 2.76. The predicted molar refractivity (Wildman–Crippen MR) is 57.9 cm³/mol. The van der Waals surface area contributed by atoms with Crippen LogP contribution < -0.4 is 5.32 Å². The summed E-state index contributed by atoms with van der Waals surface area (Å²) in [4.78, 5) is 15.0. The SMILES string of the molecule is CCC(CO)NC(=O)c1ccc(C(F)(F)F)cn1. The normalized spacial score (nSPS) is 13.2. The number of aliphatic hydroxyl groups is 1. The highest BCUT2D eigenvalue weighted by Gasteiger charge is 2.30. The van der Waals surface area contributed by atoms with Crippen molar-refractivity contribution in [1.82, 2.24) is 10.3 Å². The van der Waals surface area contributed by atoms with Crippen LogP contribution in [-0.2, 0) is 6.18 Å². The van der Waals surface area contributed by atoms with Crippen LogP contribution in [-0.4, -0.2) is 28.6 Å². The Labute approximate surface area is 102 Å². The van der Waals surface area contributed by atoms with E-state index in [1.165, 1.54) is 0 Å². The lowest BCUT2D eigenvalue weighted by atomic mass is 10.2. The molecule has 7 heteroatoms. The van der Waals surface area contributed by atoms with Gasteiger partial charge >= 0.3 is 6.18 Å². The molecule has 0 saturated carbocycles. The number of alkyl halides is 3. The lowest BCUT2D eigenvalue weighted by Gasteiger charge is -2.13. The predicted octanol–water partition coefficient (Wildman–Crippen LogP) is 1.60. The second-order valence-electron chi connectivity index (χ2n) is 3.69. The molecule has 18 heavy (non-hydrogen) atoms. The van der Waals surface area contributed by atoms with Crippen molar-refractivity contribution < 1.29 is 23.1 Å². The summed E-state index contributed by atoms with van der Waals surface area (Å²) >= 11 is 0. The summed E-state index contributed by atoms with van der Waals surface area (Å²) in [5.41, 5.74) is -1.02. The molecular formula is C11H13F3N2O2. The molecule has 1 amide bonds. The van der Waals surface area contributed by atoms with Crippen molar-refractivity contribution in [3.8, 4) is 0 Å². The third-order valence-electron chi connectivity index (χ3n) is 2.37. The monoisotopic (exact) mass is 262 g/mol. The maximum absolute atomic E-state index is 12.3. The number of carbonyl (C=O) groups is 1. The summed E-state index contributed by atoms with van der Waals surface area (Å²) in [6.45, 7) is 1.53. The van der Waals surface area contributed by atoms with E-state index in [1.807, 2.05) is 0 Å². The van der Waals surface area contributed by atoms with E-state index in [4.69, 9.17) is 5.11 Å². The van der Waals surface area contributed by atoms with Crippen molar-refractivity contribution in [3.05, 3.63) is 29.6 Å². The average molecular weight is 262 g/mol. The molecule has 2 N–H and O–H groups in total. The minimum atomic E-state index is -4.47. The van der Waals surface area contributed by atoms with Gasteiger partial charge in [-0.2, -0.15) is 13.2 Å². The Morgan fingerprint density at radius 3 is 2.56 bits per heavy atom. The van der Waals surface area contributed by atoms with Crippen molar-refractivity contribution in [2.75, 3.05) is 6.61 Å². The number of amides is 1. The first kappa shape index (κ1) is 14.4. The van der Waals surface area contributed by atoms with Crippen LogP contribution in [0.5, 0.6) is 0 Å². The number of nitrogens with one attached hydrogen (secondary N) is 1. The third kappa shape index (κ3) is 3.69. The van der Waals surface area contributed by atoms with Gasteiger partial charge in [0.15, 0.2) is 0 Å². The summed E-state index contributed by atoms with van der Waals surface area (Å²) in [6.07, 6.45) is -3.35. The molecule has 0 fully saturated rings. The molecule has 1 rings (SSSR count). The van der Waals surface area contributed by atoms with Gasteiger partial charge < -0.3 is 10.4 Å². The number of halogens is 3. The highest BCUT2D eigenvalue weighted by molar-refractivity contribution is 5.92. The summed E-state index contributed by atoms with van der Waals surface area (Å²) in [5.74, 6) is -0.607. The van der Waals surface area contributed by atoms with E-state index < -0.39 is 23.7 Å². The molecule has 0 aliphatic rings. The van der Waals surface area contributed by atoms with Gasteiger partial charge in [-0.05, 0) is 18.6 Å². The number of aromatic nitrogens is 1. The first-order chi connectivity index (χ1) is 8.38. The van der Waals surface area contributed by atoms with Gasteiger partial charge in [0.1, 0.15) is 5.69 Å². The Morgan fingerprint density at radius 2 is 2.17 bits per heavy atom. The minimum absolute atomic E-state index is 0.116. The first-order valence-corrected chi connectivity index (χ1v) is 5.33. The number of aliphatic hydroxyl groups excluding tert-OH is 1. The zero-order chi connectivity index (χ0) is 13.8. The molecule has 4 nitrogen and oxygen atoms in total. The molecule has 1 aromatic heterocycles. The fraction of sp³-hybridized carbons (Fsp3) is 0.455. The van der Waals surface area contributed by atoms with Gasteiger partial charge in [-0.15, -0.1) is 0 Å². The van der Waals surface area contributed by atoms with E-state index in [0.29, 0.717) is 12.6 Å². The van der Waals surface area contributed by atoms with Crippen LogP contribution in [0.4, 0.5) is 13.2 Å². The van der Waals surface area contributed by atoms with Gasteiger partial charge in [-0.1, -0.05) is 6.92 Å². The van der Waals surface area contributed by atoms with E-state index in [1.54, 1.807) is 6.92 Å². The summed E-state index contributed by atoms with van der Waals surface area (Å²) in [7, 11) is 0. The standard InChI is InChI=1S/C11H13F3N2O2/c1-2-8(6-17)16-10(18)9-4-3-7(5-15-9)11(12,13)14/h3-5,8,17H,2,6H2,1H3,(H,16,18). The van der Waals surface area contributed by atoms with Crippen LogP contribution in [0.1, 0.15) is 29.4 Å². The zero-order valence-corrected chi connectivity index (χ0v) is 9.66. The Hall–Kier alpha value is -1.63. The van der Waals surface area contributed by atoms with Crippen molar-refractivity contribution in [3.63, 3.8) is 0 Å². The highest BCUT2D eigenvalue weighted by Crippen LogP contribution is 2.28. The Bertz CT molecular complexity index is 400. The van der Waals surface area contributed by atoms with Crippen molar-refractivity contribution in [1.29, 1.82) is 0 Å². The van der Waals surface area contributed by atoms with Gasteiger partial charge in [0, 0.05) is 6.20 Å². The number of carbonyl (C=O) groups excluding carboxylic acids is 1. The molecule has 0 aliphatic carbocycles. The van der Waals surface area contributed by atoms with E-state index in [2.05, 4.69) is 10.3 Å². The lowest BCUT2D eigenvalue weighted by Crippen LogP contribution is -2.37. The molecule has 0 aliphatic heterocycles. The van der Waals surface area contributed by atoms with Gasteiger partial charge in [-0.3, -0.25) is 9.78 Å². The average Bonchev–Trinajstić information content (AvgIpc) is 2.34. The molecule has 1 heterocycles. The molecule has 100 valence electrons. The summed E-state index contributed by atoms with van der Waals surface area (Å²) < 4.78 is 36.8. The molecular weight excluding hydrogens is 249 g/mol. The molecule has 1 unspecified atom stereocenters. The summed E-state index contributed by atoms with van der Waals surface area (Å²) in [6, 6.07) is 1.37. The van der Waals surface area contributed by atoms with E-state index in [0.717, 1.165) is 12.1 Å². The van der Waals surface area contributed by atoms with Crippen LogP contribution in [0.3, 0.4) is 0 Å². The molecule has 1 atom stereocenters. The van der Waals surface area contributed by atoms with Crippen LogP contribution in [0.2, 0.25) is 0 Å². The molecule has 0 spiro atoms. The second-order valence-corrected chi connectivity index (χ2v) is 3.69. The van der Waals surface area contributed by atoms with E-state index in [-0.39, 0.29) is 12.3 Å². The van der Waals surface area contributed by atoms with Gasteiger partial charge in [0.05, 0.1) is 18.2 Å². The Morgan fingerprint density at radius 1 is 1.50 bits per heavy atom. The fourth-order valence-electron chi connectivity index (χ4n) is 1.23. The highest BCUT2D eigenvalue weighted by atomic mass is 19.4. The molecule has 0 radical (unpaired) electrons. The first-order valence-electron chi connectivity index (χ1n) is 5.33. The minimum Gasteiger partial charge on any atom is -0.394 e. The topological polar surface area (TPSA) is 62.2 Å². The van der Waals surface area contributed by atoms with Crippen LogP contribution in [0.15, 0.2) is 18.3 Å². The fourth-order valence-corrected chi connectivity index (χ4v) is 1.23. The smallest absolute Gasteiger partial charge is 0.394 e. The molecule has 0 aromatic carbocycles. The summed E-state index contributed by atoms with van der Waals surface area (Å²) in [5, 5.41) is 11.3. The van der Waals surface area contributed by atoms with Gasteiger partial charge in [-0.25, -0.2) is 0 Å².